The number of thiophene rings is 1. The van der Waals surface area contributed by atoms with E-state index in [9.17, 15) is 14.7 Å². The Hall–Kier alpha value is -2.87. The molecular formula is C20H19N2O5S-. The Balaban J connectivity index is 1.75. The second-order valence-electron chi connectivity index (χ2n) is 6.97. The van der Waals surface area contributed by atoms with Crippen molar-refractivity contribution in [3.63, 3.8) is 0 Å². The number of methoxy groups -OCH3 is 1. The number of H-pyrrole nitrogens is 1. The van der Waals surface area contributed by atoms with E-state index in [1.54, 1.807) is 29.5 Å². The third-order valence-corrected chi connectivity index (χ3v) is 6.10. The highest BCUT2D eigenvalue weighted by molar-refractivity contribution is 7.18. The molecule has 2 aromatic heterocycles. The predicted octanol–water partition coefficient (Wildman–Crippen LogP) is 1.91. The molecule has 3 aromatic rings. The molecule has 0 saturated heterocycles. The lowest BCUT2D eigenvalue weighted by molar-refractivity contribution is -0.307. The molecule has 0 amide bonds. The lowest BCUT2D eigenvalue weighted by Gasteiger charge is -2.17. The largest absolute Gasteiger partial charge is 0.546 e. The minimum atomic E-state index is -1.32. The van der Waals surface area contributed by atoms with E-state index in [0.717, 1.165) is 29.7 Å². The third kappa shape index (κ3) is 3.35. The van der Waals surface area contributed by atoms with Gasteiger partial charge in [-0.2, -0.15) is 0 Å². The Morgan fingerprint density at radius 1 is 1.39 bits per heavy atom. The topological polar surface area (TPSA) is 104 Å². The van der Waals surface area contributed by atoms with Crippen molar-refractivity contribution >= 4 is 27.5 Å². The van der Waals surface area contributed by atoms with Gasteiger partial charge < -0.3 is 24.4 Å². The zero-order chi connectivity index (χ0) is 19.8. The van der Waals surface area contributed by atoms with Gasteiger partial charge in [0.1, 0.15) is 17.3 Å². The highest BCUT2D eigenvalue weighted by Gasteiger charge is 2.23. The van der Waals surface area contributed by atoms with Gasteiger partial charge in [-0.25, -0.2) is 4.98 Å². The summed E-state index contributed by atoms with van der Waals surface area (Å²) in [5, 5.41) is 11.3. The Labute approximate surface area is 165 Å². The second kappa shape index (κ2) is 7.27. The van der Waals surface area contributed by atoms with Crippen LogP contribution >= 0.6 is 11.3 Å². The molecule has 146 valence electrons. The maximum absolute atomic E-state index is 12.8. The number of aromatic nitrogens is 2. The molecule has 8 heteroatoms. The van der Waals surface area contributed by atoms with Gasteiger partial charge in [0, 0.05) is 10.4 Å². The molecule has 0 bridgehead atoms. The summed E-state index contributed by atoms with van der Waals surface area (Å²) in [6.07, 6.45) is 2.99. The fourth-order valence-electron chi connectivity index (χ4n) is 3.56. The van der Waals surface area contributed by atoms with Crippen molar-refractivity contribution in [3.8, 4) is 22.9 Å². The van der Waals surface area contributed by atoms with Crippen LogP contribution in [0.2, 0.25) is 0 Å². The van der Waals surface area contributed by atoms with Gasteiger partial charge in [-0.1, -0.05) is 6.92 Å². The fraction of sp³-hybridized carbons (Fsp3) is 0.350. The van der Waals surface area contributed by atoms with E-state index < -0.39 is 12.6 Å². The first-order valence-corrected chi connectivity index (χ1v) is 9.83. The van der Waals surface area contributed by atoms with Crippen LogP contribution in [0.3, 0.4) is 0 Å². The maximum Gasteiger partial charge on any atom is 0.260 e. The van der Waals surface area contributed by atoms with E-state index in [2.05, 4.69) is 16.9 Å². The van der Waals surface area contributed by atoms with Crippen molar-refractivity contribution in [2.24, 2.45) is 5.92 Å². The lowest BCUT2D eigenvalue weighted by Crippen LogP contribution is -2.29. The maximum atomic E-state index is 12.8. The average molecular weight is 399 g/mol. The summed E-state index contributed by atoms with van der Waals surface area (Å²) >= 11 is 1.59. The van der Waals surface area contributed by atoms with Crippen LogP contribution in [-0.4, -0.2) is 29.7 Å². The van der Waals surface area contributed by atoms with Gasteiger partial charge in [0.15, 0.2) is 11.5 Å². The number of benzene rings is 1. The standard InChI is InChI=1S/C20H20N2O5S/c1-10-3-5-12-15(7-10)28-20-17(12)19(25)21-18(22-20)11-4-6-13(14(8-11)26-2)27-9-16(23)24/h4,6,8,10H,3,5,7,9H2,1-2H3,(H,23,24)(H,21,22,25)/p-1/t10-/m1/s1. The summed E-state index contributed by atoms with van der Waals surface area (Å²) in [7, 11) is 1.46. The lowest BCUT2D eigenvalue weighted by atomic mass is 9.89. The van der Waals surface area contributed by atoms with Crippen molar-refractivity contribution in [1.29, 1.82) is 0 Å². The first-order valence-electron chi connectivity index (χ1n) is 9.02. The number of nitrogens with zero attached hydrogens (tertiary/aromatic N) is 1. The third-order valence-electron chi connectivity index (χ3n) is 4.95. The van der Waals surface area contributed by atoms with Crippen LogP contribution in [0.5, 0.6) is 11.5 Å². The van der Waals surface area contributed by atoms with Crippen molar-refractivity contribution in [2.45, 2.75) is 26.2 Å². The molecule has 2 heterocycles. The molecule has 0 spiro atoms. The van der Waals surface area contributed by atoms with Gasteiger partial charge in [0.05, 0.1) is 18.5 Å². The van der Waals surface area contributed by atoms with Crippen LogP contribution in [-0.2, 0) is 17.6 Å². The normalized spacial score (nSPS) is 16.0. The zero-order valence-corrected chi connectivity index (χ0v) is 16.4. The van der Waals surface area contributed by atoms with Crippen LogP contribution in [0, 0.1) is 5.92 Å². The summed E-state index contributed by atoms with van der Waals surface area (Å²) in [5.74, 6) is 0.365. The zero-order valence-electron chi connectivity index (χ0n) is 15.5. The number of carbonyl (C=O) groups excluding carboxylic acids is 1. The monoisotopic (exact) mass is 399 g/mol. The van der Waals surface area contributed by atoms with Gasteiger partial charge in [0.25, 0.3) is 5.56 Å². The second-order valence-corrected chi connectivity index (χ2v) is 8.06. The minimum Gasteiger partial charge on any atom is -0.546 e. The number of aliphatic carboxylic acids is 1. The van der Waals surface area contributed by atoms with Crippen molar-refractivity contribution in [3.05, 3.63) is 39.0 Å². The van der Waals surface area contributed by atoms with E-state index >= 15 is 0 Å². The first kappa shape index (κ1) is 18.5. The molecule has 0 radical (unpaired) electrons. The van der Waals surface area contributed by atoms with Gasteiger partial charge in [-0.15, -0.1) is 11.3 Å². The molecule has 1 N–H and O–H groups in total. The highest BCUT2D eigenvalue weighted by atomic mass is 32.1. The molecule has 0 aliphatic heterocycles. The number of fused-ring (bicyclic) bond motifs is 3. The van der Waals surface area contributed by atoms with E-state index in [1.165, 1.54) is 12.0 Å². The molecule has 1 aromatic carbocycles. The average Bonchev–Trinajstić information content (AvgIpc) is 3.03. The summed E-state index contributed by atoms with van der Waals surface area (Å²) in [6.45, 7) is 1.66. The number of aromatic amines is 1. The predicted molar refractivity (Wildman–Crippen MR) is 104 cm³/mol. The van der Waals surface area contributed by atoms with Crippen molar-refractivity contribution < 1.29 is 19.4 Å². The van der Waals surface area contributed by atoms with E-state index in [0.29, 0.717) is 28.4 Å². The molecule has 4 rings (SSSR count). The number of hydrogen-bond acceptors (Lipinski definition) is 7. The Bertz CT molecular complexity index is 1120. The van der Waals surface area contributed by atoms with E-state index in [1.807, 2.05) is 0 Å². The minimum absolute atomic E-state index is 0.136. The number of carboxylic acids is 1. The number of aryl methyl sites for hydroxylation is 1. The van der Waals surface area contributed by atoms with Gasteiger partial charge in [-0.3, -0.25) is 4.79 Å². The Kier molecular flexibility index (Phi) is 4.80. The number of nitrogens with one attached hydrogen (secondary N) is 1. The molecule has 7 nitrogen and oxygen atoms in total. The fourth-order valence-corrected chi connectivity index (χ4v) is 4.94. The molecule has 0 fully saturated rings. The SMILES string of the molecule is COc1cc(-c2nc3sc4c(c3c(=O)[nH]2)CC[C@@H](C)C4)ccc1OCC(=O)[O-]. The quantitative estimate of drug-likeness (QED) is 0.703. The molecule has 0 unspecified atom stereocenters. The summed E-state index contributed by atoms with van der Waals surface area (Å²) in [6, 6.07) is 4.94. The van der Waals surface area contributed by atoms with E-state index in [-0.39, 0.29) is 11.3 Å². The van der Waals surface area contributed by atoms with Crippen molar-refractivity contribution in [2.75, 3.05) is 13.7 Å². The number of ether oxygens (including phenoxy) is 2. The molecule has 1 atom stereocenters. The van der Waals surface area contributed by atoms with Crippen LogP contribution in [0.25, 0.3) is 21.6 Å². The van der Waals surface area contributed by atoms with E-state index in [4.69, 9.17) is 9.47 Å². The molecule has 1 aliphatic rings. The highest BCUT2D eigenvalue weighted by Crippen LogP contribution is 2.37. The number of rotatable bonds is 5. The Morgan fingerprint density at radius 3 is 2.96 bits per heavy atom. The molecule has 1 aliphatic carbocycles. The van der Waals surface area contributed by atoms with Crippen LogP contribution in [0.15, 0.2) is 23.0 Å². The summed E-state index contributed by atoms with van der Waals surface area (Å²) < 4.78 is 10.4. The summed E-state index contributed by atoms with van der Waals surface area (Å²) in [5.41, 5.74) is 1.65. The first-order chi connectivity index (χ1) is 13.5. The van der Waals surface area contributed by atoms with Crippen molar-refractivity contribution in [1.82, 2.24) is 9.97 Å². The number of carbonyl (C=O) groups is 1. The molecular weight excluding hydrogens is 380 g/mol. The molecule has 28 heavy (non-hydrogen) atoms. The smallest absolute Gasteiger partial charge is 0.260 e. The van der Waals surface area contributed by atoms with Crippen LogP contribution in [0.4, 0.5) is 0 Å². The van der Waals surface area contributed by atoms with Gasteiger partial charge >= 0.3 is 0 Å². The number of hydrogen-bond donors (Lipinski definition) is 1. The van der Waals surface area contributed by atoms with Crippen LogP contribution < -0.4 is 20.1 Å². The van der Waals surface area contributed by atoms with Crippen LogP contribution in [0.1, 0.15) is 23.8 Å². The van der Waals surface area contributed by atoms with Gasteiger partial charge in [0.2, 0.25) is 0 Å². The molecule has 0 saturated carbocycles. The van der Waals surface area contributed by atoms with Gasteiger partial charge in [-0.05, 0) is 48.9 Å². The summed E-state index contributed by atoms with van der Waals surface area (Å²) in [4.78, 5) is 32.9. The Morgan fingerprint density at radius 2 is 2.21 bits per heavy atom. The number of carboxylic acid groups (broad SMARTS) is 1.